The third kappa shape index (κ3) is 4.88. The Hall–Kier alpha value is -2.71. The highest BCUT2D eigenvalue weighted by Gasteiger charge is 2.25. The van der Waals surface area contributed by atoms with E-state index in [1.807, 2.05) is 21.2 Å². The summed E-state index contributed by atoms with van der Waals surface area (Å²) in [4.78, 5) is 43.8. The van der Waals surface area contributed by atoms with Crippen LogP contribution in [-0.4, -0.2) is 78.2 Å². The molecule has 30 heavy (non-hydrogen) atoms. The van der Waals surface area contributed by atoms with E-state index < -0.39 is 0 Å². The molecule has 4 rings (SSSR count). The number of thiophene rings is 1. The zero-order valence-corrected chi connectivity index (χ0v) is 17.7. The summed E-state index contributed by atoms with van der Waals surface area (Å²) in [5.74, 6) is 0.0350. The number of hydrogen-bond acceptors (Lipinski definition) is 5. The van der Waals surface area contributed by atoms with Crippen molar-refractivity contribution in [1.82, 2.24) is 14.7 Å². The average Bonchev–Trinajstić information content (AvgIpc) is 3.49. The van der Waals surface area contributed by atoms with Gasteiger partial charge in [0.15, 0.2) is 0 Å². The molecule has 0 aliphatic carbocycles. The summed E-state index contributed by atoms with van der Waals surface area (Å²) in [6, 6.07) is 10.6. The molecule has 2 fully saturated rings. The SMILES string of the molecule is O=C(Nc1ccc(C(=O)N2CCN(CC(=O)N3CCCC3)CC2)cc1)c1cccs1. The van der Waals surface area contributed by atoms with Gasteiger partial charge in [-0.25, -0.2) is 0 Å². The number of hydrogen-bond donors (Lipinski definition) is 1. The first kappa shape index (κ1) is 20.6. The highest BCUT2D eigenvalue weighted by molar-refractivity contribution is 7.12. The lowest BCUT2D eigenvalue weighted by molar-refractivity contribution is -0.131. The molecule has 8 heteroatoms. The molecule has 2 saturated heterocycles. The Morgan fingerprint density at radius 1 is 0.867 bits per heavy atom. The quantitative estimate of drug-likeness (QED) is 0.797. The van der Waals surface area contributed by atoms with Crippen molar-refractivity contribution in [2.45, 2.75) is 12.8 Å². The molecule has 0 spiro atoms. The largest absolute Gasteiger partial charge is 0.342 e. The molecular weight excluding hydrogens is 400 g/mol. The van der Waals surface area contributed by atoms with Crippen LogP contribution in [-0.2, 0) is 4.79 Å². The van der Waals surface area contributed by atoms with Crippen molar-refractivity contribution >= 4 is 34.7 Å². The maximum Gasteiger partial charge on any atom is 0.265 e. The number of anilines is 1. The summed E-state index contributed by atoms with van der Waals surface area (Å²) < 4.78 is 0. The van der Waals surface area contributed by atoms with Crippen molar-refractivity contribution in [1.29, 1.82) is 0 Å². The average molecular weight is 427 g/mol. The first-order valence-corrected chi connectivity index (χ1v) is 11.2. The van der Waals surface area contributed by atoms with Crippen LogP contribution in [0, 0.1) is 0 Å². The maximum atomic E-state index is 12.8. The fourth-order valence-electron chi connectivity index (χ4n) is 3.85. The Morgan fingerprint density at radius 2 is 1.57 bits per heavy atom. The van der Waals surface area contributed by atoms with E-state index in [4.69, 9.17) is 0 Å². The Kier molecular flexibility index (Phi) is 6.44. The Labute approximate surface area is 180 Å². The molecule has 2 aromatic rings. The molecule has 3 heterocycles. The lowest BCUT2D eigenvalue weighted by atomic mass is 10.1. The predicted molar refractivity (Wildman–Crippen MR) is 117 cm³/mol. The third-order valence-electron chi connectivity index (χ3n) is 5.61. The minimum absolute atomic E-state index is 0.0170. The lowest BCUT2D eigenvalue weighted by Gasteiger charge is -2.35. The molecule has 0 unspecified atom stereocenters. The van der Waals surface area contributed by atoms with E-state index in [0.29, 0.717) is 48.9 Å². The zero-order chi connectivity index (χ0) is 20.9. The number of likely N-dealkylation sites (tertiary alicyclic amines) is 1. The second kappa shape index (κ2) is 9.40. The summed E-state index contributed by atoms with van der Waals surface area (Å²) in [5.41, 5.74) is 1.26. The van der Waals surface area contributed by atoms with Gasteiger partial charge in [0.1, 0.15) is 0 Å². The molecule has 0 atom stereocenters. The standard InChI is InChI=1S/C22H26N4O3S/c27-20(25-9-1-2-10-25)16-24-11-13-26(14-12-24)22(29)17-5-7-18(8-6-17)23-21(28)19-4-3-15-30-19/h3-8,15H,1-2,9-14,16H2,(H,23,28). The van der Waals surface area contributed by atoms with Crippen LogP contribution in [0.4, 0.5) is 5.69 Å². The van der Waals surface area contributed by atoms with Crippen LogP contribution in [0.25, 0.3) is 0 Å². The normalized spacial score (nSPS) is 17.2. The molecule has 3 amide bonds. The van der Waals surface area contributed by atoms with E-state index in [1.54, 1.807) is 30.3 Å². The molecule has 0 saturated carbocycles. The van der Waals surface area contributed by atoms with E-state index in [2.05, 4.69) is 10.2 Å². The van der Waals surface area contributed by atoms with Crippen LogP contribution < -0.4 is 5.32 Å². The highest BCUT2D eigenvalue weighted by atomic mass is 32.1. The summed E-state index contributed by atoms with van der Waals surface area (Å²) in [6.45, 7) is 4.84. The molecule has 7 nitrogen and oxygen atoms in total. The Balaban J connectivity index is 1.26. The fraction of sp³-hybridized carbons (Fsp3) is 0.409. The number of nitrogens with one attached hydrogen (secondary N) is 1. The van der Waals surface area contributed by atoms with Crippen molar-refractivity contribution in [3.05, 3.63) is 52.2 Å². The van der Waals surface area contributed by atoms with Gasteiger partial charge >= 0.3 is 0 Å². The van der Waals surface area contributed by atoms with Crippen molar-refractivity contribution in [2.24, 2.45) is 0 Å². The van der Waals surface area contributed by atoms with E-state index in [-0.39, 0.29) is 17.7 Å². The summed E-state index contributed by atoms with van der Waals surface area (Å²) in [7, 11) is 0. The van der Waals surface area contributed by atoms with Crippen molar-refractivity contribution in [3.8, 4) is 0 Å². The summed E-state index contributed by atoms with van der Waals surface area (Å²) >= 11 is 1.39. The van der Waals surface area contributed by atoms with Gasteiger partial charge in [-0.2, -0.15) is 0 Å². The van der Waals surface area contributed by atoms with Gasteiger partial charge in [0, 0.05) is 50.5 Å². The molecule has 1 N–H and O–H groups in total. The maximum absolute atomic E-state index is 12.8. The number of rotatable bonds is 5. The molecule has 0 radical (unpaired) electrons. The molecule has 2 aliphatic heterocycles. The smallest absolute Gasteiger partial charge is 0.265 e. The second-order valence-corrected chi connectivity index (χ2v) is 8.61. The van der Waals surface area contributed by atoms with Gasteiger partial charge < -0.3 is 15.1 Å². The molecule has 0 bridgehead atoms. The van der Waals surface area contributed by atoms with Gasteiger partial charge in [-0.3, -0.25) is 19.3 Å². The number of amides is 3. The molecule has 2 aliphatic rings. The van der Waals surface area contributed by atoms with Gasteiger partial charge in [0.25, 0.3) is 11.8 Å². The topological polar surface area (TPSA) is 73.0 Å². The molecule has 1 aromatic heterocycles. The van der Waals surface area contributed by atoms with Gasteiger partial charge in [0.2, 0.25) is 5.91 Å². The highest BCUT2D eigenvalue weighted by Crippen LogP contribution is 2.16. The number of benzene rings is 1. The van der Waals surface area contributed by atoms with E-state index >= 15 is 0 Å². The lowest BCUT2D eigenvalue weighted by Crippen LogP contribution is -2.51. The molecule has 1 aromatic carbocycles. The first-order chi connectivity index (χ1) is 14.6. The molecular formula is C22H26N4O3S. The van der Waals surface area contributed by atoms with Crippen LogP contribution in [0.2, 0.25) is 0 Å². The minimum atomic E-state index is -0.149. The summed E-state index contributed by atoms with van der Waals surface area (Å²) in [6.07, 6.45) is 2.20. The summed E-state index contributed by atoms with van der Waals surface area (Å²) in [5, 5.41) is 4.70. The van der Waals surface area contributed by atoms with Crippen LogP contribution in [0.5, 0.6) is 0 Å². The van der Waals surface area contributed by atoms with Gasteiger partial charge in [-0.15, -0.1) is 11.3 Å². The van der Waals surface area contributed by atoms with Gasteiger partial charge in [0.05, 0.1) is 11.4 Å². The Bertz CT molecular complexity index is 884. The number of carbonyl (C=O) groups excluding carboxylic acids is 3. The predicted octanol–water partition coefficient (Wildman–Crippen LogP) is 2.38. The van der Waals surface area contributed by atoms with Crippen LogP contribution in [0.3, 0.4) is 0 Å². The number of piperazine rings is 1. The van der Waals surface area contributed by atoms with Crippen LogP contribution in [0.1, 0.15) is 32.9 Å². The first-order valence-electron chi connectivity index (χ1n) is 10.3. The van der Waals surface area contributed by atoms with Gasteiger partial charge in [-0.05, 0) is 48.6 Å². The van der Waals surface area contributed by atoms with E-state index in [9.17, 15) is 14.4 Å². The Morgan fingerprint density at radius 3 is 2.20 bits per heavy atom. The number of nitrogens with zero attached hydrogens (tertiary/aromatic N) is 3. The van der Waals surface area contributed by atoms with Crippen molar-refractivity contribution in [3.63, 3.8) is 0 Å². The van der Waals surface area contributed by atoms with Crippen molar-refractivity contribution in [2.75, 3.05) is 51.1 Å². The van der Waals surface area contributed by atoms with E-state index in [0.717, 1.165) is 25.9 Å². The van der Waals surface area contributed by atoms with E-state index in [1.165, 1.54) is 11.3 Å². The van der Waals surface area contributed by atoms with Crippen LogP contribution in [0.15, 0.2) is 41.8 Å². The van der Waals surface area contributed by atoms with Crippen molar-refractivity contribution < 1.29 is 14.4 Å². The third-order valence-corrected chi connectivity index (χ3v) is 6.48. The zero-order valence-electron chi connectivity index (χ0n) is 16.9. The fourth-order valence-corrected chi connectivity index (χ4v) is 4.47. The van der Waals surface area contributed by atoms with Gasteiger partial charge in [-0.1, -0.05) is 6.07 Å². The van der Waals surface area contributed by atoms with Crippen LogP contribution >= 0.6 is 11.3 Å². The minimum Gasteiger partial charge on any atom is -0.342 e. The monoisotopic (exact) mass is 426 g/mol. The second-order valence-electron chi connectivity index (χ2n) is 7.67. The number of carbonyl (C=O) groups is 3. The molecule has 158 valence electrons.